The number of rotatable bonds is 9. The molecule has 3 N–H and O–H groups in total. The smallest absolute Gasteiger partial charge is 0.399 e. The van der Waals surface area contributed by atoms with Gasteiger partial charge in [-0.1, -0.05) is 155 Å². The van der Waals surface area contributed by atoms with Gasteiger partial charge in [-0.2, -0.15) is 10.2 Å². The summed E-state index contributed by atoms with van der Waals surface area (Å²) in [5.74, 6) is -4.40. The van der Waals surface area contributed by atoms with Crippen molar-refractivity contribution >= 4 is 134 Å². The van der Waals surface area contributed by atoms with E-state index in [1.807, 2.05) is 53.2 Å². The first-order valence-corrected chi connectivity index (χ1v) is 35.4. The Labute approximate surface area is 625 Å². The zero-order valence-corrected chi connectivity index (χ0v) is 63.0. The fraction of sp³-hybridized carbons (Fsp3) is 0.211. The van der Waals surface area contributed by atoms with Gasteiger partial charge in [0.05, 0.1) is 70.9 Å². The second-order valence-corrected chi connectivity index (χ2v) is 28.9. The predicted molar refractivity (Wildman–Crippen MR) is 398 cm³/mol. The highest BCUT2D eigenvalue weighted by Gasteiger charge is 2.52. The Morgan fingerprint density at radius 3 is 1.34 bits per heavy atom. The number of aromatic nitrogens is 4. The summed E-state index contributed by atoms with van der Waals surface area (Å²) < 4.78 is 72.5. The van der Waals surface area contributed by atoms with E-state index in [1.54, 1.807) is 168 Å². The quantitative estimate of drug-likeness (QED) is 0.0532. The number of fused-ring (bicyclic) bond motifs is 4. The van der Waals surface area contributed by atoms with Gasteiger partial charge in [0.25, 0.3) is 35.2 Å². The Hall–Kier alpha value is -9.06. The Bertz CT molecular complexity index is 4920. The molecule has 0 aliphatic carbocycles. The monoisotopic (exact) mass is 1650 g/mol. The summed E-state index contributed by atoms with van der Waals surface area (Å²) >= 11 is 12.7. The fourth-order valence-corrected chi connectivity index (χ4v) is 12.9. The van der Waals surface area contributed by atoms with Crippen LogP contribution in [0, 0.1) is 23.3 Å². The van der Waals surface area contributed by atoms with Crippen LogP contribution < -0.4 is 25.5 Å². The number of ketones is 2. The van der Waals surface area contributed by atoms with Gasteiger partial charge in [-0.3, -0.25) is 38.1 Å². The number of hydrogen-bond acceptors (Lipinski definition) is 12. The van der Waals surface area contributed by atoms with Crippen LogP contribution in [0.3, 0.4) is 0 Å². The Kier molecular flexibility index (Phi) is 23.4. The third-order valence-electron chi connectivity index (χ3n) is 17.8. The number of halogens is 8. The molecule has 1 saturated heterocycles. The van der Waals surface area contributed by atoms with Crippen molar-refractivity contribution in [2.75, 3.05) is 20.0 Å². The molecule has 18 nitrogen and oxygen atoms in total. The third-order valence-corrected chi connectivity index (χ3v) is 19.9. The molecule has 8 aromatic carbocycles. The van der Waals surface area contributed by atoms with Crippen molar-refractivity contribution in [3.05, 3.63) is 276 Å². The van der Waals surface area contributed by atoms with Gasteiger partial charge in [0, 0.05) is 90.3 Å². The number of benzene rings is 8. The van der Waals surface area contributed by atoms with Gasteiger partial charge in [-0.05, 0) is 132 Å². The molecular formula is C76H67BBr4F4N8O10. The minimum Gasteiger partial charge on any atom is -0.399 e. The van der Waals surface area contributed by atoms with Crippen molar-refractivity contribution in [3.63, 3.8) is 0 Å². The number of amides is 4. The Balaban J connectivity index is 0.000000137. The summed E-state index contributed by atoms with van der Waals surface area (Å²) in [4.78, 5) is 74.8. The highest BCUT2D eigenvalue weighted by Crippen LogP contribution is 2.43. The van der Waals surface area contributed by atoms with E-state index in [9.17, 15) is 56.5 Å². The van der Waals surface area contributed by atoms with Gasteiger partial charge >= 0.3 is 7.12 Å². The van der Waals surface area contributed by atoms with Crippen LogP contribution in [-0.4, -0.2) is 83.3 Å². The standard InChI is InChI=1S/C20H18FN3O2.C16H13BrFNO2.C15H9BrFNO2.C10H17BN2O2.C8H5NO2.C7H5Br2F/c1-20(26)16-5-3-4-6-18(16)24(19(20)25)12-14-8-7-13(9-17(14)21)15-10-22-23(2)11-15;1-16(21)12-4-2-3-5-14(12)19(15(16)20)9-10-6-7-11(17)8-13(10)18;16-10-6-5-9(12(17)7-10)8-18-13-4-2-1-3-11(13)14(19)15(18)20;1-9(2)10(3,4)15-11(14-9)8-6-12-13(5)7-8;10-7-5-3-1-2-4-6(5)9-8(7)11;8-4-5-1-2-6(9)3-7(5)10/h3-11,26H,12H2,1-2H3;2-8,21H,9H2,1H3;1-7H,8H2;6-7H,1-5H3;1-4H,(H,9,10,11);1-3H,4H2. The van der Waals surface area contributed by atoms with Crippen molar-refractivity contribution in [2.45, 2.75) is 88.9 Å². The molecule has 103 heavy (non-hydrogen) atoms. The van der Waals surface area contributed by atoms with Gasteiger partial charge in [0.15, 0.2) is 11.2 Å². The molecule has 27 heteroatoms. The maximum atomic E-state index is 14.7. The highest BCUT2D eigenvalue weighted by atomic mass is 79.9. The van der Waals surface area contributed by atoms with E-state index in [0.717, 1.165) is 21.1 Å². The first-order valence-electron chi connectivity index (χ1n) is 31.9. The highest BCUT2D eigenvalue weighted by molar-refractivity contribution is 9.11. The van der Waals surface area contributed by atoms with E-state index in [2.05, 4.69) is 79.2 Å². The number of anilines is 4. The molecule has 0 spiro atoms. The topological polar surface area (TPSA) is 219 Å². The van der Waals surface area contributed by atoms with E-state index < -0.39 is 58.0 Å². The molecule has 7 heterocycles. The summed E-state index contributed by atoms with van der Waals surface area (Å²) in [7, 11) is 3.38. The summed E-state index contributed by atoms with van der Waals surface area (Å²) in [5.41, 5.74) is 4.93. The molecule has 5 aliphatic heterocycles. The number of carbonyl (C=O) groups excluding carboxylic acids is 6. The number of para-hydroxylation sites is 4. The SMILES string of the molecule is CC1(O)C(=O)N(Cc2ccc(Br)cc2F)c2ccccc21.Cn1cc(-c2ccc(CN3C(=O)C(C)(O)c4ccccc43)c(F)c2)cn1.Cn1cc(B2OC(C)(C)C(C)(C)O2)cn1.Fc1cc(Br)ccc1CBr.O=C1C(=O)N(Cc2ccc(Br)cc2F)c2ccccc21.O=C1Nc2ccccc2C1=O. The molecule has 0 radical (unpaired) electrons. The van der Waals surface area contributed by atoms with Crippen LogP contribution in [0.4, 0.5) is 40.3 Å². The number of nitrogens with one attached hydrogen (secondary N) is 1. The van der Waals surface area contributed by atoms with Crippen LogP contribution in [-0.2, 0) is 78.7 Å². The predicted octanol–water partition coefficient (Wildman–Crippen LogP) is 14.7. The van der Waals surface area contributed by atoms with Gasteiger partial charge in [-0.15, -0.1) is 0 Å². The van der Waals surface area contributed by atoms with Crippen molar-refractivity contribution in [3.8, 4) is 11.1 Å². The molecule has 2 unspecified atom stereocenters. The largest absolute Gasteiger partial charge is 0.498 e. The normalized spacial score (nSPS) is 17.7. The summed E-state index contributed by atoms with van der Waals surface area (Å²) in [5, 5.41) is 32.1. The number of Topliss-reactive ketones (excluding diaryl/α,β-unsaturated/α-hetero) is 2. The molecule has 1 fully saturated rings. The lowest BCUT2D eigenvalue weighted by molar-refractivity contribution is -0.134. The Morgan fingerprint density at radius 2 is 0.893 bits per heavy atom. The number of hydrogen-bond donors (Lipinski definition) is 3. The molecule has 2 aromatic heterocycles. The van der Waals surface area contributed by atoms with Crippen LogP contribution in [0.25, 0.3) is 11.1 Å². The first-order chi connectivity index (χ1) is 48.7. The van der Waals surface area contributed by atoms with Crippen LogP contribution in [0.1, 0.15) is 95.6 Å². The maximum Gasteiger partial charge on any atom is 0.498 e. The minimum atomic E-state index is -1.59. The van der Waals surface area contributed by atoms with Crippen molar-refractivity contribution < 1.29 is 65.9 Å². The van der Waals surface area contributed by atoms with E-state index in [0.29, 0.717) is 81.5 Å². The van der Waals surface area contributed by atoms with E-state index in [-0.39, 0.29) is 49.6 Å². The lowest BCUT2D eigenvalue weighted by Gasteiger charge is -2.32. The fourth-order valence-electron chi connectivity index (χ4n) is 11.4. The maximum absolute atomic E-state index is 14.7. The molecule has 10 aromatic rings. The molecule has 15 rings (SSSR count). The van der Waals surface area contributed by atoms with E-state index in [1.165, 1.54) is 52.8 Å². The van der Waals surface area contributed by atoms with Crippen molar-refractivity contribution in [1.82, 2.24) is 19.6 Å². The second-order valence-electron chi connectivity index (χ2n) is 25.6. The van der Waals surface area contributed by atoms with Crippen molar-refractivity contribution in [1.29, 1.82) is 0 Å². The number of aryl methyl sites for hydroxylation is 2. The van der Waals surface area contributed by atoms with Crippen LogP contribution in [0.5, 0.6) is 0 Å². The third kappa shape index (κ3) is 16.8. The molecular weight excluding hydrogens is 1590 g/mol. The summed E-state index contributed by atoms with van der Waals surface area (Å²) in [6, 6.07) is 46.9. The van der Waals surface area contributed by atoms with E-state index >= 15 is 0 Å². The molecule has 530 valence electrons. The van der Waals surface area contributed by atoms with Crippen LogP contribution >= 0.6 is 63.7 Å². The Morgan fingerprint density at radius 1 is 0.476 bits per heavy atom. The molecule has 4 amide bonds. The average Bonchev–Trinajstić information content (AvgIpc) is 1.62. The van der Waals surface area contributed by atoms with Crippen LogP contribution in [0.2, 0.25) is 0 Å². The molecule has 2 atom stereocenters. The zero-order chi connectivity index (χ0) is 74.6. The molecule has 0 saturated carbocycles. The average molecular weight is 1660 g/mol. The number of carbonyl (C=O) groups is 6. The van der Waals surface area contributed by atoms with E-state index in [4.69, 9.17) is 9.31 Å². The van der Waals surface area contributed by atoms with Crippen molar-refractivity contribution in [2.24, 2.45) is 14.1 Å². The van der Waals surface area contributed by atoms with Gasteiger partial charge in [-0.25, -0.2) is 17.6 Å². The lowest BCUT2D eigenvalue weighted by Crippen LogP contribution is -2.41. The first kappa shape index (κ1) is 76.6. The van der Waals surface area contributed by atoms with Gasteiger partial charge < -0.3 is 39.5 Å². The second kappa shape index (κ2) is 31.5. The number of alkyl halides is 1. The summed E-state index contributed by atoms with van der Waals surface area (Å²) in [6.07, 6.45) is 7.18. The number of nitrogens with zero attached hydrogens (tertiary/aromatic N) is 7. The number of aliphatic hydroxyl groups is 2. The minimum absolute atomic E-state index is 0.0424. The van der Waals surface area contributed by atoms with Gasteiger partial charge in [0.2, 0.25) is 0 Å². The lowest BCUT2D eigenvalue weighted by atomic mass is 9.82. The zero-order valence-electron chi connectivity index (χ0n) is 56.7. The summed E-state index contributed by atoms with van der Waals surface area (Å²) in [6.45, 7) is 11.3. The molecule has 0 bridgehead atoms. The molecule has 5 aliphatic rings. The van der Waals surface area contributed by atoms with Gasteiger partial charge in [0.1, 0.15) is 23.3 Å². The van der Waals surface area contributed by atoms with Crippen LogP contribution in [0.15, 0.2) is 208 Å².